The van der Waals surface area contributed by atoms with Crippen molar-refractivity contribution in [3.05, 3.63) is 0 Å². The summed E-state index contributed by atoms with van der Waals surface area (Å²) < 4.78 is 0. The van der Waals surface area contributed by atoms with Crippen LogP contribution in [0, 0.1) is 17.8 Å². The number of ketones is 3. The van der Waals surface area contributed by atoms with Gasteiger partial charge in [-0.25, -0.2) is 0 Å². The highest BCUT2D eigenvalue weighted by Crippen LogP contribution is 2.19. The van der Waals surface area contributed by atoms with E-state index in [1.165, 1.54) is 0 Å². The van der Waals surface area contributed by atoms with E-state index in [9.17, 15) is 19.2 Å². The summed E-state index contributed by atoms with van der Waals surface area (Å²) in [6.07, 6.45) is 0.801. The van der Waals surface area contributed by atoms with E-state index in [2.05, 4.69) is 0 Å². The van der Waals surface area contributed by atoms with Crippen molar-refractivity contribution in [3.8, 4) is 0 Å². The molecule has 0 aliphatic carbocycles. The Bertz CT molecular complexity index is 317. The lowest BCUT2D eigenvalue weighted by Gasteiger charge is -2.18. The van der Waals surface area contributed by atoms with Crippen molar-refractivity contribution < 1.29 is 19.2 Å². The smallest absolute Gasteiger partial charge is 0.205 e. The van der Waals surface area contributed by atoms with E-state index in [1.807, 2.05) is 0 Å². The fourth-order valence-electron chi connectivity index (χ4n) is 1.81. The third-order valence-electron chi connectivity index (χ3n) is 2.88. The first-order chi connectivity index (χ1) is 7.90. The Kier molecular flexibility index (Phi) is 6.54. The second kappa shape index (κ2) is 7.09. The third kappa shape index (κ3) is 3.88. The van der Waals surface area contributed by atoms with E-state index in [-0.39, 0.29) is 24.4 Å². The Morgan fingerprint density at radius 3 is 1.71 bits per heavy atom. The standard InChI is InChI=1S/C13H20O4/c1-5-9(11(15)7-14)13(17)10(6-2)12(16)8(3)4/h7-10H,5-6H2,1-4H3. The summed E-state index contributed by atoms with van der Waals surface area (Å²) in [6.45, 7) is 6.85. The molecule has 0 N–H and O–H groups in total. The van der Waals surface area contributed by atoms with Crippen molar-refractivity contribution >= 4 is 23.6 Å². The molecule has 0 heterocycles. The molecular formula is C13H20O4. The quantitative estimate of drug-likeness (QED) is 0.367. The molecule has 0 aliphatic heterocycles. The highest BCUT2D eigenvalue weighted by atomic mass is 16.2. The van der Waals surface area contributed by atoms with Crippen molar-refractivity contribution in [2.45, 2.75) is 40.5 Å². The van der Waals surface area contributed by atoms with Gasteiger partial charge in [-0.2, -0.15) is 0 Å². The first kappa shape index (κ1) is 15.7. The zero-order chi connectivity index (χ0) is 13.6. The van der Waals surface area contributed by atoms with Crippen LogP contribution in [0.3, 0.4) is 0 Å². The molecule has 0 aromatic heterocycles. The summed E-state index contributed by atoms with van der Waals surface area (Å²) in [6, 6.07) is 0. The van der Waals surface area contributed by atoms with Gasteiger partial charge in [-0.15, -0.1) is 0 Å². The van der Waals surface area contributed by atoms with Crippen molar-refractivity contribution in [1.82, 2.24) is 0 Å². The maximum Gasteiger partial charge on any atom is 0.205 e. The SMILES string of the molecule is CCC(C(=O)C=O)C(=O)C(CC)C(=O)C(C)C. The minimum atomic E-state index is -0.958. The summed E-state index contributed by atoms with van der Waals surface area (Å²) in [4.78, 5) is 45.6. The fraction of sp³-hybridized carbons (Fsp3) is 0.692. The predicted octanol–water partition coefficient (Wildman–Crippen LogP) is 1.60. The number of Topliss-reactive ketones (excluding diaryl/α,β-unsaturated/α-hetero) is 3. The molecule has 0 radical (unpaired) electrons. The lowest BCUT2D eigenvalue weighted by Crippen LogP contribution is -2.35. The number of rotatable bonds is 8. The molecular weight excluding hydrogens is 220 g/mol. The highest BCUT2D eigenvalue weighted by molar-refractivity contribution is 6.32. The van der Waals surface area contributed by atoms with Crippen LogP contribution in [0.5, 0.6) is 0 Å². The molecule has 4 heteroatoms. The van der Waals surface area contributed by atoms with Gasteiger partial charge in [0.1, 0.15) is 5.78 Å². The van der Waals surface area contributed by atoms with Gasteiger partial charge in [0.2, 0.25) is 5.78 Å². The zero-order valence-electron chi connectivity index (χ0n) is 10.9. The Balaban J connectivity index is 5.02. The number of hydrogen-bond acceptors (Lipinski definition) is 4. The second-order valence-electron chi connectivity index (χ2n) is 4.40. The van der Waals surface area contributed by atoms with E-state index < -0.39 is 23.4 Å². The van der Waals surface area contributed by atoms with Crippen molar-refractivity contribution in [3.63, 3.8) is 0 Å². The largest absolute Gasteiger partial charge is 0.299 e. The normalized spacial score (nSPS) is 14.2. The van der Waals surface area contributed by atoms with Crippen LogP contribution in [0.15, 0.2) is 0 Å². The average molecular weight is 240 g/mol. The summed E-state index contributed by atoms with van der Waals surface area (Å²) in [5, 5.41) is 0. The van der Waals surface area contributed by atoms with Crippen LogP contribution in [-0.4, -0.2) is 23.6 Å². The van der Waals surface area contributed by atoms with E-state index in [1.54, 1.807) is 27.7 Å². The lowest BCUT2D eigenvalue weighted by molar-refractivity contribution is -0.142. The van der Waals surface area contributed by atoms with Gasteiger partial charge in [-0.1, -0.05) is 27.7 Å². The van der Waals surface area contributed by atoms with E-state index in [0.717, 1.165) is 0 Å². The molecule has 2 atom stereocenters. The van der Waals surface area contributed by atoms with Crippen LogP contribution < -0.4 is 0 Å². The van der Waals surface area contributed by atoms with Crippen molar-refractivity contribution in [2.75, 3.05) is 0 Å². The number of carbonyl (C=O) groups excluding carboxylic acids is 4. The van der Waals surface area contributed by atoms with Crippen LogP contribution >= 0.6 is 0 Å². The average Bonchev–Trinajstić information content (AvgIpc) is 2.30. The van der Waals surface area contributed by atoms with Crippen LogP contribution in [0.1, 0.15) is 40.5 Å². The molecule has 0 fully saturated rings. The molecule has 0 bridgehead atoms. The van der Waals surface area contributed by atoms with E-state index in [0.29, 0.717) is 6.42 Å². The molecule has 0 aromatic rings. The van der Waals surface area contributed by atoms with Gasteiger partial charge in [0, 0.05) is 5.92 Å². The molecule has 0 rings (SSSR count). The van der Waals surface area contributed by atoms with Gasteiger partial charge in [0.15, 0.2) is 12.1 Å². The topological polar surface area (TPSA) is 68.3 Å². The molecule has 0 amide bonds. The summed E-state index contributed by atoms with van der Waals surface area (Å²) >= 11 is 0. The monoisotopic (exact) mass is 240 g/mol. The van der Waals surface area contributed by atoms with Crippen LogP contribution in [-0.2, 0) is 19.2 Å². The van der Waals surface area contributed by atoms with Gasteiger partial charge in [-0.05, 0) is 12.8 Å². The van der Waals surface area contributed by atoms with Crippen LogP contribution in [0.2, 0.25) is 0 Å². The Morgan fingerprint density at radius 1 is 0.941 bits per heavy atom. The lowest BCUT2D eigenvalue weighted by atomic mass is 9.81. The maximum absolute atomic E-state index is 12.1. The Labute approximate surface area is 102 Å². The van der Waals surface area contributed by atoms with Gasteiger partial charge < -0.3 is 0 Å². The molecule has 0 saturated heterocycles. The van der Waals surface area contributed by atoms with Crippen LogP contribution in [0.4, 0.5) is 0 Å². The fourth-order valence-corrected chi connectivity index (χ4v) is 1.81. The number of hydrogen-bond donors (Lipinski definition) is 0. The molecule has 2 unspecified atom stereocenters. The Morgan fingerprint density at radius 2 is 1.41 bits per heavy atom. The number of carbonyl (C=O) groups is 4. The molecule has 96 valence electrons. The molecule has 0 aromatic carbocycles. The molecule has 4 nitrogen and oxygen atoms in total. The minimum Gasteiger partial charge on any atom is -0.299 e. The molecule has 0 saturated carbocycles. The van der Waals surface area contributed by atoms with Crippen molar-refractivity contribution in [1.29, 1.82) is 0 Å². The second-order valence-corrected chi connectivity index (χ2v) is 4.40. The summed E-state index contributed by atoms with van der Waals surface area (Å²) in [7, 11) is 0. The first-order valence-corrected chi connectivity index (χ1v) is 5.97. The minimum absolute atomic E-state index is 0.158. The molecule has 0 spiro atoms. The first-order valence-electron chi connectivity index (χ1n) is 5.97. The van der Waals surface area contributed by atoms with Gasteiger partial charge in [0.05, 0.1) is 11.8 Å². The van der Waals surface area contributed by atoms with Crippen LogP contribution in [0.25, 0.3) is 0 Å². The van der Waals surface area contributed by atoms with E-state index >= 15 is 0 Å². The summed E-state index contributed by atoms with van der Waals surface area (Å²) in [5.74, 6) is -3.26. The number of aldehydes is 1. The summed E-state index contributed by atoms with van der Waals surface area (Å²) in [5.41, 5.74) is 0. The van der Waals surface area contributed by atoms with Gasteiger partial charge in [0.25, 0.3) is 0 Å². The van der Waals surface area contributed by atoms with E-state index in [4.69, 9.17) is 0 Å². The maximum atomic E-state index is 12.1. The zero-order valence-corrected chi connectivity index (χ0v) is 10.9. The van der Waals surface area contributed by atoms with Gasteiger partial charge in [-0.3, -0.25) is 19.2 Å². The van der Waals surface area contributed by atoms with Gasteiger partial charge >= 0.3 is 0 Å². The highest BCUT2D eigenvalue weighted by Gasteiger charge is 2.34. The molecule has 0 aliphatic rings. The molecule has 17 heavy (non-hydrogen) atoms. The Hall–Kier alpha value is -1.32. The third-order valence-corrected chi connectivity index (χ3v) is 2.88. The van der Waals surface area contributed by atoms with Crippen molar-refractivity contribution in [2.24, 2.45) is 17.8 Å². The predicted molar refractivity (Wildman–Crippen MR) is 63.5 cm³/mol.